The molecule has 0 radical (unpaired) electrons. The molecule has 2 N–H and O–H groups in total. The maximum Gasteiger partial charge on any atom is 0.152 e. The minimum Gasteiger partial charge on any atom is -0.489 e. The molecule has 0 atom stereocenters. The van der Waals surface area contributed by atoms with Gasteiger partial charge >= 0.3 is 0 Å². The van der Waals surface area contributed by atoms with E-state index in [0.29, 0.717) is 6.54 Å². The molecule has 0 aliphatic rings. The highest BCUT2D eigenvalue weighted by Crippen LogP contribution is 2.25. The van der Waals surface area contributed by atoms with Crippen molar-refractivity contribution in [1.82, 2.24) is 9.55 Å². The Hall–Kier alpha value is -2.11. The van der Waals surface area contributed by atoms with Gasteiger partial charge in [-0.2, -0.15) is 0 Å². The van der Waals surface area contributed by atoms with Gasteiger partial charge in [0.15, 0.2) is 5.82 Å². The second kappa shape index (κ2) is 4.82. The second-order valence-corrected chi connectivity index (χ2v) is 3.45. The third-order valence-electron chi connectivity index (χ3n) is 2.22. The van der Waals surface area contributed by atoms with Gasteiger partial charge in [-0.25, -0.2) is 13.8 Å². The van der Waals surface area contributed by atoms with E-state index < -0.39 is 11.6 Å². The van der Waals surface area contributed by atoms with Gasteiger partial charge in [-0.3, -0.25) is 0 Å². The van der Waals surface area contributed by atoms with Crippen molar-refractivity contribution < 1.29 is 13.5 Å². The van der Waals surface area contributed by atoms with Crippen molar-refractivity contribution >= 4 is 5.69 Å². The Labute approximate surface area is 96.6 Å². The molecule has 0 unspecified atom stereocenters. The number of nitrogens with two attached hydrogens (primary N) is 1. The van der Waals surface area contributed by atoms with Crippen LogP contribution in [0, 0.1) is 11.6 Å². The largest absolute Gasteiger partial charge is 0.489 e. The summed E-state index contributed by atoms with van der Waals surface area (Å²) in [5, 5.41) is 0. The Balaban J connectivity index is 1.99. The predicted octanol–water partition coefficient (Wildman–Crippen LogP) is 1.82. The van der Waals surface area contributed by atoms with Gasteiger partial charge in [0.1, 0.15) is 23.9 Å². The van der Waals surface area contributed by atoms with Crippen LogP contribution in [0.4, 0.5) is 14.5 Å². The number of hydrogen-bond acceptors (Lipinski definition) is 3. The van der Waals surface area contributed by atoms with Crippen LogP contribution in [-0.2, 0) is 6.54 Å². The number of halogens is 2. The molecule has 0 saturated heterocycles. The molecule has 0 spiro atoms. The van der Waals surface area contributed by atoms with Crippen molar-refractivity contribution in [2.45, 2.75) is 6.54 Å². The van der Waals surface area contributed by atoms with E-state index in [0.717, 1.165) is 12.1 Å². The van der Waals surface area contributed by atoms with E-state index in [1.54, 1.807) is 23.3 Å². The Kier molecular flexibility index (Phi) is 3.22. The molecule has 0 fully saturated rings. The Morgan fingerprint density at radius 2 is 2.18 bits per heavy atom. The molecule has 1 heterocycles. The number of nitrogen functional groups attached to an aromatic ring is 1. The molecule has 1 aromatic heterocycles. The van der Waals surface area contributed by atoms with Gasteiger partial charge in [0.05, 0.1) is 12.9 Å². The van der Waals surface area contributed by atoms with Crippen molar-refractivity contribution in [1.29, 1.82) is 0 Å². The van der Waals surface area contributed by atoms with Gasteiger partial charge in [-0.15, -0.1) is 0 Å². The molecule has 0 aliphatic heterocycles. The maximum absolute atomic E-state index is 13.1. The summed E-state index contributed by atoms with van der Waals surface area (Å²) in [4.78, 5) is 3.86. The van der Waals surface area contributed by atoms with Gasteiger partial charge in [-0.05, 0) is 0 Å². The summed E-state index contributed by atoms with van der Waals surface area (Å²) in [5.41, 5.74) is 5.24. The molecular weight excluding hydrogens is 228 g/mol. The Morgan fingerprint density at radius 3 is 2.88 bits per heavy atom. The maximum atomic E-state index is 13.1. The van der Waals surface area contributed by atoms with Crippen LogP contribution in [0.25, 0.3) is 0 Å². The van der Waals surface area contributed by atoms with Crippen molar-refractivity contribution in [3.8, 4) is 5.75 Å². The number of rotatable bonds is 4. The SMILES string of the molecule is Nc1c(F)cc(F)cc1OCCn1ccnc1. The van der Waals surface area contributed by atoms with Gasteiger partial charge < -0.3 is 15.0 Å². The standard InChI is InChI=1S/C11H11F2N3O/c12-8-5-9(13)11(14)10(6-8)17-4-3-16-2-1-15-7-16/h1-2,5-7H,3-4,14H2. The Bertz CT molecular complexity index is 500. The van der Waals surface area contributed by atoms with Crippen molar-refractivity contribution in [3.63, 3.8) is 0 Å². The van der Waals surface area contributed by atoms with Crippen LogP contribution < -0.4 is 10.5 Å². The summed E-state index contributed by atoms with van der Waals surface area (Å²) >= 11 is 0. The molecule has 17 heavy (non-hydrogen) atoms. The highest BCUT2D eigenvalue weighted by atomic mass is 19.1. The lowest BCUT2D eigenvalue weighted by atomic mass is 10.3. The third-order valence-corrected chi connectivity index (χ3v) is 2.22. The molecular formula is C11H11F2N3O. The van der Waals surface area contributed by atoms with Crippen LogP contribution in [0.1, 0.15) is 0 Å². The lowest BCUT2D eigenvalue weighted by molar-refractivity contribution is 0.297. The molecule has 0 aliphatic carbocycles. The number of aromatic nitrogens is 2. The van der Waals surface area contributed by atoms with Gasteiger partial charge in [0.2, 0.25) is 0 Å². The summed E-state index contributed by atoms with van der Waals surface area (Å²) in [6.07, 6.45) is 5.02. The van der Waals surface area contributed by atoms with E-state index >= 15 is 0 Å². The molecule has 6 heteroatoms. The molecule has 90 valence electrons. The summed E-state index contributed by atoms with van der Waals surface area (Å²) in [7, 11) is 0. The van der Waals surface area contributed by atoms with Gasteiger partial charge in [-0.1, -0.05) is 0 Å². The van der Waals surface area contributed by atoms with E-state index in [4.69, 9.17) is 10.5 Å². The van der Waals surface area contributed by atoms with Gasteiger partial charge in [0.25, 0.3) is 0 Å². The zero-order valence-corrected chi connectivity index (χ0v) is 8.94. The highest BCUT2D eigenvalue weighted by Gasteiger charge is 2.09. The molecule has 0 saturated carbocycles. The number of benzene rings is 1. The third kappa shape index (κ3) is 2.72. The summed E-state index contributed by atoms with van der Waals surface area (Å²) in [6, 6.07) is 1.78. The zero-order valence-electron chi connectivity index (χ0n) is 8.94. The van der Waals surface area contributed by atoms with Crippen LogP contribution in [0.15, 0.2) is 30.9 Å². The first kappa shape index (κ1) is 11.4. The molecule has 0 bridgehead atoms. The average molecular weight is 239 g/mol. The van der Waals surface area contributed by atoms with Crippen LogP contribution in [0.5, 0.6) is 5.75 Å². The molecule has 4 nitrogen and oxygen atoms in total. The van der Waals surface area contributed by atoms with E-state index in [-0.39, 0.29) is 18.0 Å². The smallest absolute Gasteiger partial charge is 0.152 e. The van der Waals surface area contributed by atoms with Crippen LogP contribution >= 0.6 is 0 Å². The molecule has 2 aromatic rings. The zero-order chi connectivity index (χ0) is 12.3. The number of hydrogen-bond donors (Lipinski definition) is 1. The number of ether oxygens (including phenoxy) is 1. The van der Waals surface area contributed by atoms with Crippen molar-refractivity contribution in [2.24, 2.45) is 0 Å². The molecule has 0 amide bonds. The van der Waals surface area contributed by atoms with Crippen LogP contribution in [0.2, 0.25) is 0 Å². The second-order valence-electron chi connectivity index (χ2n) is 3.45. The highest BCUT2D eigenvalue weighted by molar-refractivity contribution is 5.53. The van der Waals surface area contributed by atoms with E-state index in [9.17, 15) is 8.78 Å². The van der Waals surface area contributed by atoms with Crippen molar-refractivity contribution in [3.05, 3.63) is 42.5 Å². The topological polar surface area (TPSA) is 53.1 Å². The summed E-state index contributed by atoms with van der Waals surface area (Å²) < 4.78 is 33.0. The number of imidazole rings is 1. The Morgan fingerprint density at radius 1 is 1.35 bits per heavy atom. The fourth-order valence-corrected chi connectivity index (χ4v) is 1.36. The van der Waals surface area contributed by atoms with E-state index in [1.165, 1.54) is 0 Å². The first-order chi connectivity index (χ1) is 8.16. The van der Waals surface area contributed by atoms with E-state index in [1.807, 2.05) is 0 Å². The number of anilines is 1. The quantitative estimate of drug-likeness (QED) is 0.828. The van der Waals surface area contributed by atoms with Gasteiger partial charge in [0, 0.05) is 24.5 Å². The average Bonchev–Trinajstić information content (AvgIpc) is 2.78. The van der Waals surface area contributed by atoms with E-state index in [2.05, 4.69) is 4.98 Å². The summed E-state index contributed by atoms with van der Waals surface area (Å²) in [6.45, 7) is 0.779. The molecule has 1 aromatic carbocycles. The fourth-order valence-electron chi connectivity index (χ4n) is 1.36. The van der Waals surface area contributed by atoms with Crippen molar-refractivity contribution in [2.75, 3.05) is 12.3 Å². The lowest BCUT2D eigenvalue weighted by Gasteiger charge is -2.09. The lowest BCUT2D eigenvalue weighted by Crippen LogP contribution is -2.08. The number of nitrogens with zero attached hydrogens (tertiary/aromatic N) is 2. The minimum absolute atomic E-state index is 0.0163. The minimum atomic E-state index is -0.817. The monoisotopic (exact) mass is 239 g/mol. The predicted molar refractivity (Wildman–Crippen MR) is 58.5 cm³/mol. The normalized spacial score (nSPS) is 10.5. The van der Waals surface area contributed by atoms with Crippen LogP contribution in [-0.4, -0.2) is 16.2 Å². The summed E-state index contributed by atoms with van der Waals surface area (Å²) in [5.74, 6) is -1.51. The first-order valence-electron chi connectivity index (χ1n) is 5.00. The fraction of sp³-hybridized carbons (Fsp3) is 0.182. The molecule has 2 rings (SSSR count). The first-order valence-corrected chi connectivity index (χ1v) is 5.00. The van der Waals surface area contributed by atoms with Crippen LogP contribution in [0.3, 0.4) is 0 Å².